The van der Waals surface area contributed by atoms with E-state index in [0.717, 1.165) is 16.7 Å². The van der Waals surface area contributed by atoms with E-state index in [1.807, 2.05) is 66.7 Å². The topological polar surface area (TPSA) is 32.6 Å². The highest BCUT2D eigenvalue weighted by molar-refractivity contribution is 6.09. The fraction of sp³-hybridized carbons (Fsp3) is 0. The van der Waals surface area contributed by atoms with E-state index < -0.39 is 0 Å². The summed E-state index contributed by atoms with van der Waals surface area (Å²) >= 11 is 0. The zero-order valence-corrected chi connectivity index (χ0v) is 10.5. The van der Waals surface area contributed by atoms with E-state index in [1.165, 1.54) is 6.08 Å². The van der Waals surface area contributed by atoms with Crippen LogP contribution in [0, 0.1) is 0 Å². The summed E-state index contributed by atoms with van der Waals surface area (Å²) in [5.74, 6) is 0. The molecule has 2 nitrogen and oxygen atoms in total. The third kappa shape index (κ3) is 3.19. The second-order valence-corrected chi connectivity index (χ2v) is 4.02. The standard InChI is InChI=1S/C17H15NO/c1-2-16(18-19)13-17(14-9-5-3-6-10-14)15-11-7-4-8-12-15/h2-13,19H,1H2/b18-16+. The van der Waals surface area contributed by atoms with E-state index >= 15 is 0 Å². The first kappa shape index (κ1) is 12.8. The smallest absolute Gasteiger partial charge is 0.102 e. The van der Waals surface area contributed by atoms with Gasteiger partial charge in [0.1, 0.15) is 5.71 Å². The summed E-state index contributed by atoms with van der Waals surface area (Å²) in [6, 6.07) is 20.0. The quantitative estimate of drug-likeness (QED) is 0.493. The SMILES string of the molecule is C=C/C(C=C(c1ccccc1)c1ccccc1)=N\O. The highest BCUT2D eigenvalue weighted by Gasteiger charge is 2.05. The maximum Gasteiger partial charge on any atom is 0.102 e. The van der Waals surface area contributed by atoms with Crippen LogP contribution in [-0.4, -0.2) is 10.9 Å². The number of nitrogens with zero attached hydrogens (tertiary/aromatic N) is 1. The Morgan fingerprint density at radius 2 is 1.37 bits per heavy atom. The Labute approximate surface area is 113 Å². The van der Waals surface area contributed by atoms with Crippen LogP contribution >= 0.6 is 0 Å². The summed E-state index contributed by atoms with van der Waals surface area (Å²) in [5.41, 5.74) is 3.56. The molecular weight excluding hydrogens is 234 g/mol. The van der Waals surface area contributed by atoms with Gasteiger partial charge in [0.25, 0.3) is 0 Å². The average Bonchev–Trinajstić information content (AvgIpc) is 2.50. The first-order valence-electron chi connectivity index (χ1n) is 6.02. The maximum atomic E-state index is 8.94. The monoisotopic (exact) mass is 249 g/mol. The number of hydrogen-bond acceptors (Lipinski definition) is 2. The fourth-order valence-electron chi connectivity index (χ4n) is 1.85. The third-order valence-corrected chi connectivity index (χ3v) is 2.79. The molecule has 0 bridgehead atoms. The van der Waals surface area contributed by atoms with Crippen molar-refractivity contribution < 1.29 is 5.21 Å². The number of hydrogen-bond donors (Lipinski definition) is 1. The molecular formula is C17H15NO. The van der Waals surface area contributed by atoms with Crippen LogP contribution in [0.2, 0.25) is 0 Å². The lowest BCUT2D eigenvalue weighted by atomic mass is 9.96. The highest BCUT2D eigenvalue weighted by Crippen LogP contribution is 2.23. The summed E-state index contributed by atoms with van der Waals surface area (Å²) in [6.07, 6.45) is 3.34. The summed E-state index contributed by atoms with van der Waals surface area (Å²) in [6.45, 7) is 3.64. The molecule has 0 aromatic heterocycles. The van der Waals surface area contributed by atoms with Gasteiger partial charge >= 0.3 is 0 Å². The van der Waals surface area contributed by atoms with Gasteiger partial charge in [-0.2, -0.15) is 0 Å². The molecule has 0 spiro atoms. The minimum absolute atomic E-state index is 0.433. The van der Waals surface area contributed by atoms with Crippen molar-refractivity contribution in [3.05, 3.63) is 90.5 Å². The molecule has 0 saturated carbocycles. The van der Waals surface area contributed by atoms with Crippen molar-refractivity contribution in [3.8, 4) is 0 Å². The number of allylic oxidation sites excluding steroid dienone is 2. The van der Waals surface area contributed by atoms with Gasteiger partial charge in [0.15, 0.2) is 0 Å². The van der Waals surface area contributed by atoms with Gasteiger partial charge in [-0.3, -0.25) is 0 Å². The lowest BCUT2D eigenvalue weighted by molar-refractivity contribution is 0.320. The number of benzene rings is 2. The van der Waals surface area contributed by atoms with Gasteiger partial charge < -0.3 is 5.21 Å². The lowest BCUT2D eigenvalue weighted by Gasteiger charge is -2.08. The van der Waals surface area contributed by atoms with Crippen molar-refractivity contribution in [1.29, 1.82) is 0 Å². The molecule has 0 amide bonds. The zero-order chi connectivity index (χ0) is 13.5. The van der Waals surface area contributed by atoms with Crippen molar-refractivity contribution in [1.82, 2.24) is 0 Å². The van der Waals surface area contributed by atoms with Gasteiger partial charge in [-0.25, -0.2) is 0 Å². The van der Waals surface area contributed by atoms with Gasteiger partial charge in [-0.05, 0) is 28.9 Å². The maximum absolute atomic E-state index is 8.94. The Kier molecular flexibility index (Phi) is 4.29. The van der Waals surface area contributed by atoms with Crippen LogP contribution in [0.25, 0.3) is 5.57 Å². The Hall–Kier alpha value is -2.61. The number of oxime groups is 1. The van der Waals surface area contributed by atoms with Crippen LogP contribution in [0.4, 0.5) is 0 Å². The van der Waals surface area contributed by atoms with Gasteiger partial charge in [-0.15, -0.1) is 0 Å². The van der Waals surface area contributed by atoms with Crippen molar-refractivity contribution >= 4 is 11.3 Å². The van der Waals surface area contributed by atoms with Crippen LogP contribution in [0.3, 0.4) is 0 Å². The van der Waals surface area contributed by atoms with Gasteiger partial charge in [0.2, 0.25) is 0 Å². The fourth-order valence-corrected chi connectivity index (χ4v) is 1.85. The zero-order valence-electron chi connectivity index (χ0n) is 10.5. The molecule has 0 saturated heterocycles. The highest BCUT2D eigenvalue weighted by atomic mass is 16.4. The Balaban J connectivity index is 2.55. The van der Waals surface area contributed by atoms with Gasteiger partial charge in [-0.1, -0.05) is 72.4 Å². The Morgan fingerprint density at radius 1 is 0.895 bits per heavy atom. The molecule has 2 heteroatoms. The minimum Gasteiger partial charge on any atom is -0.410 e. The van der Waals surface area contributed by atoms with Crippen molar-refractivity contribution in [2.75, 3.05) is 0 Å². The predicted molar refractivity (Wildman–Crippen MR) is 79.4 cm³/mol. The molecule has 19 heavy (non-hydrogen) atoms. The Morgan fingerprint density at radius 3 is 1.74 bits per heavy atom. The molecule has 0 aliphatic heterocycles. The second-order valence-electron chi connectivity index (χ2n) is 4.02. The molecule has 1 N–H and O–H groups in total. The van der Waals surface area contributed by atoms with E-state index in [1.54, 1.807) is 0 Å². The molecule has 2 aromatic carbocycles. The van der Waals surface area contributed by atoms with Crippen molar-refractivity contribution in [3.63, 3.8) is 0 Å². The average molecular weight is 249 g/mol. The minimum atomic E-state index is 0.433. The molecule has 0 heterocycles. The van der Waals surface area contributed by atoms with Crippen LogP contribution < -0.4 is 0 Å². The third-order valence-electron chi connectivity index (χ3n) is 2.79. The molecule has 0 fully saturated rings. The summed E-state index contributed by atoms with van der Waals surface area (Å²) in [4.78, 5) is 0. The predicted octanol–water partition coefficient (Wildman–Crippen LogP) is 4.13. The largest absolute Gasteiger partial charge is 0.410 e. The first-order valence-corrected chi connectivity index (χ1v) is 6.02. The molecule has 0 aliphatic carbocycles. The molecule has 0 radical (unpaired) electrons. The van der Waals surface area contributed by atoms with Crippen LogP contribution in [-0.2, 0) is 0 Å². The van der Waals surface area contributed by atoms with Gasteiger partial charge in [0, 0.05) is 0 Å². The molecule has 0 aliphatic rings. The summed E-state index contributed by atoms with van der Waals surface area (Å²) < 4.78 is 0. The molecule has 2 aromatic rings. The summed E-state index contributed by atoms with van der Waals surface area (Å²) in [5, 5.41) is 12.2. The van der Waals surface area contributed by atoms with E-state index in [0.29, 0.717) is 5.71 Å². The van der Waals surface area contributed by atoms with Crippen LogP contribution in [0.15, 0.2) is 84.6 Å². The van der Waals surface area contributed by atoms with E-state index in [2.05, 4.69) is 11.7 Å². The Bertz CT molecular complexity index is 556. The number of rotatable bonds is 4. The molecule has 0 atom stereocenters. The normalized spacial score (nSPS) is 10.8. The van der Waals surface area contributed by atoms with E-state index in [4.69, 9.17) is 5.21 Å². The van der Waals surface area contributed by atoms with Crippen LogP contribution in [0.5, 0.6) is 0 Å². The molecule has 0 unspecified atom stereocenters. The summed E-state index contributed by atoms with van der Waals surface area (Å²) in [7, 11) is 0. The van der Waals surface area contributed by atoms with Crippen LogP contribution in [0.1, 0.15) is 11.1 Å². The van der Waals surface area contributed by atoms with E-state index in [9.17, 15) is 0 Å². The van der Waals surface area contributed by atoms with Gasteiger partial charge in [0.05, 0.1) is 0 Å². The lowest BCUT2D eigenvalue weighted by Crippen LogP contribution is -1.93. The molecule has 2 rings (SSSR count). The van der Waals surface area contributed by atoms with Crippen molar-refractivity contribution in [2.24, 2.45) is 5.16 Å². The van der Waals surface area contributed by atoms with Crippen molar-refractivity contribution in [2.45, 2.75) is 0 Å². The van der Waals surface area contributed by atoms with E-state index in [-0.39, 0.29) is 0 Å². The second kappa shape index (κ2) is 6.36. The first-order chi connectivity index (χ1) is 9.35. The molecule has 94 valence electrons.